The van der Waals surface area contributed by atoms with E-state index < -0.39 is 0 Å². The molecule has 0 saturated carbocycles. The first-order valence-corrected chi connectivity index (χ1v) is 8.28. The smallest absolute Gasteiger partial charge is 0.272 e. The van der Waals surface area contributed by atoms with Crippen LogP contribution in [-0.4, -0.2) is 25.9 Å². The fourth-order valence-electron chi connectivity index (χ4n) is 3.30. The zero-order chi connectivity index (χ0) is 17.4. The van der Waals surface area contributed by atoms with Gasteiger partial charge in [-0.15, -0.1) is 0 Å². The summed E-state index contributed by atoms with van der Waals surface area (Å²) in [6, 6.07) is 8.14. The molecule has 1 aliphatic carbocycles. The summed E-state index contributed by atoms with van der Waals surface area (Å²) in [6.07, 6.45) is 4.25. The third-order valence-electron chi connectivity index (χ3n) is 4.51. The lowest BCUT2D eigenvalue weighted by molar-refractivity contribution is 0.0927. The molecule has 0 aliphatic heterocycles. The molecule has 0 saturated heterocycles. The predicted molar refractivity (Wildman–Crippen MR) is 90.0 cm³/mol. The number of nitrogens with one attached hydrogen (secondary N) is 2. The van der Waals surface area contributed by atoms with Crippen LogP contribution < -0.4 is 5.32 Å². The highest BCUT2D eigenvalue weighted by Crippen LogP contribution is 2.31. The van der Waals surface area contributed by atoms with Gasteiger partial charge in [0.2, 0.25) is 0 Å². The van der Waals surface area contributed by atoms with E-state index in [0.29, 0.717) is 11.4 Å². The number of fused-ring (bicyclic) bond motifs is 1. The Labute approximate surface area is 144 Å². The van der Waals surface area contributed by atoms with E-state index in [1.165, 1.54) is 6.07 Å². The van der Waals surface area contributed by atoms with Gasteiger partial charge in [0.1, 0.15) is 17.2 Å². The summed E-state index contributed by atoms with van der Waals surface area (Å²) >= 11 is 0. The van der Waals surface area contributed by atoms with Crippen molar-refractivity contribution < 1.29 is 9.18 Å². The maximum absolute atomic E-state index is 14.1. The van der Waals surface area contributed by atoms with Crippen molar-refractivity contribution in [2.24, 2.45) is 0 Å². The fourth-order valence-corrected chi connectivity index (χ4v) is 3.30. The molecule has 2 aromatic heterocycles. The van der Waals surface area contributed by atoms with Crippen LogP contribution in [0.15, 0.2) is 36.5 Å². The highest BCUT2D eigenvalue weighted by atomic mass is 19.1. The van der Waals surface area contributed by atoms with E-state index in [9.17, 15) is 9.18 Å². The van der Waals surface area contributed by atoms with Gasteiger partial charge in [0.05, 0.1) is 12.2 Å². The van der Waals surface area contributed by atoms with Crippen molar-refractivity contribution in [3.8, 4) is 5.69 Å². The molecule has 1 amide bonds. The average molecular weight is 339 g/mol. The fraction of sp³-hybridized carbons (Fsp3) is 0.278. The molecule has 0 radical (unpaired) electrons. The monoisotopic (exact) mass is 339 g/mol. The van der Waals surface area contributed by atoms with Crippen molar-refractivity contribution in [3.63, 3.8) is 0 Å². The zero-order valence-corrected chi connectivity index (χ0v) is 13.8. The van der Waals surface area contributed by atoms with Gasteiger partial charge in [-0.1, -0.05) is 12.1 Å². The van der Waals surface area contributed by atoms with Crippen molar-refractivity contribution >= 4 is 5.91 Å². The van der Waals surface area contributed by atoms with E-state index in [2.05, 4.69) is 20.6 Å². The molecule has 0 bridgehead atoms. The minimum absolute atomic E-state index is 0.145. The number of carbonyl (C=O) groups excluding carboxylic acids is 1. The number of nitrogens with zero attached hydrogens (tertiary/aromatic N) is 3. The number of aryl methyl sites for hydroxylation is 1. The summed E-state index contributed by atoms with van der Waals surface area (Å²) in [5, 5.41) is 14.1. The lowest BCUT2D eigenvalue weighted by atomic mass is 9.92. The molecule has 6 nitrogen and oxygen atoms in total. The number of para-hydroxylation sites is 1. The van der Waals surface area contributed by atoms with Crippen molar-refractivity contribution in [3.05, 3.63) is 65.0 Å². The maximum Gasteiger partial charge on any atom is 0.272 e. The molecule has 0 fully saturated rings. The Kier molecular flexibility index (Phi) is 3.83. The molecule has 0 spiro atoms. The van der Waals surface area contributed by atoms with Crippen LogP contribution in [0.3, 0.4) is 0 Å². The lowest BCUT2D eigenvalue weighted by Gasteiger charge is -2.24. The van der Waals surface area contributed by atoms with Gasteiger partial charge >= 0.3 is 0 Å². The molecule has 1 unspecified atom stereocenters. The van der Waals surface area contributed by atoms with E-state index in [-0.39, 0.29) is 17.8 Å². The number of aromatic nitrogens is 4. The largest absolute Gasteiger partial charge is 0.344 e. The summed E-state index contributed by atoms with van der Waals surface area (Å²) in [7, 11) is 0. The Morgan fingerprint density at radius 3 is 3.00 bits per heavy atom. The van der Waals surface area contributed by atoms with Gasteiger partial charge in [-0.3, -0.25) is 9.89 Å². The summed E-state index contributed by atoms with van der Waals surface area (Å²) in [5.41, 5.74) is 3.52. The van der Waals surface area contributed by atoms with E-state index >= 15 is 0 Å². The van der Waals surface area contributed by atoms with Crippen molar-refractivity contribution in [1.82, 2.24) is 25.3 Å². The molecule has 4 rings (SSSR count). The van der Waals surface area contributed by atoms with Crippen molar-refractivity contribution in [2.45, 2.75) is 32.2 Å². The van der Waals surface area contributed by atoms with E-state index in [1.807, 2.05) is 6.92 Å². The number of aromatic amines is 1. The second kappa shape index (κ2) is 6.16. The number of hydrogen-bond donors (Lipinski definition) is 2. The molecule has 1 aromatic carbocycles. The molecule has 2 N–H and O–H groups in total. The number of hydrogen-bond acceptors (Lipinski definition) is 3. The Hall–Kier alpha value is -2.96. The molecular weight excluding hydrogens is 321 g/mol. The van der Waals surface area contributed by atoms with Crippen LogP contribution in [0.5, 0.6) is 0 Å². The molecule has 1 atom stereocenters. The Balaban J connectivity index is 1.63. The third-order valence-corrected chi connectivity index (χ3v) is 4.51. The van der Waals surface area contributed by atoms with Crippen LogP contribution in [0.4, 0.5) is 4.39 Å². The minimum atomic E-state index is -0.313. The number of benzene rings is 1. The molecule has 25 heavy (non-hydrogen) atoms. The second-order valence-corrected chi connectivity index (χ2v) is 6.26. The predicted octanol–water partition coefficient (Wildman–Crippen LogP) is 2.85. The molecule has 1 aliphatic rings. The SMILES string of the molecule is Cc1cc(C(=O)NC2CCCc3c2cnn3-c2ccccc2F)n[nH]1. The van der Waals surface area contributed by atoms with Crippen LogP contribution in [0.1, 0.15) is 46.3 Å². The number of H-pyrrole nitrogens is 1. The average Bonchev–Trinajstić information content (AvgIpc) is 3.22. The van der Waals surface area contributed by atoms with Crippen LogP contribution >= 0.6 is 0 Å². The normalized spacial score (nSPS) is 16.5. The minimum Gasteiger partial charge on any atom is -0.344 e. The summed E-state index contributed by atoms with van der Waals surface area (Å²) in [4.78, 5) is 12.4. The van der Waals surface area contributed by atoms with Crippen LogP contribution in [0.2, 0.25) is 0 Å². The molecule has 3 aromatic rings. The third kappa shape index (κ3) is 2.82. The highest BCUT2D eigenvalue weighted by molar-refractivity contribution is 5.92. The highest BCUT2D eigenvalue weighted by Gasteiger charge is 2.27. The van der Waals surface area contributed by atoms with Gasteiger partial charge in [-0.25, -0.2) is 9.07 Å². The number of rotatable bonds is 3. The van der Waals surface area contributed by atoms with E-state index in [1.54, 1.807) is 35.1 Å². The standard InChI is InChI=1S/C18H18FN5O/c1-11-9-15(23-22-11)18(25)21-14-6-4-8-16-12(14)10-20-24(16)17-7-3-2-5-13(17)19/h2-3,5,7,9-10,14H,4,6,8H2,1H3,(H,21,25)(H,22,23). The van der Waals surface area contributed by atoms with Crippen LogP contribution in [-0.2, 0) is 6.42 Å². The quantitative estimate of drug-likeness (QED) is 0.770. The first-order chi connectivity index (χ1) is 12.1. The van der Waals surface area contributed by atoms with Gasteiger partial charge in [0, 0.05) is 17.0 Å². The van der Waals surface area contributed by atoms with Gasteiger partial charge in [-0.05, 0) is 44.4 Å². The maximum atomic E-state index is 14.1. The second-order valence-electron chi connectivity index (χ2n) is 6.26. The lowest BCUT2D eigenvalue weighted by Crippen LogP contribution is -2.31. The first-order valence-electron chi connectivity index (χ1n) is 8.28. The van der Waals surface area contributed by atoms with Crippen LogP contribution in [0.25, 0.3) is 5.69 Å². The zero-order valence-electron chi connectivity index (χ0n) is 13.8. The van der Waals surface area contributed by atoms with Gasteiger partial charge in [-0.2, -0.15) is 10.2 Å². The van der Waals surface area contributed by atoms with Gasteiger partial charge in [0.15, 0.2) is 0 Å². The number of carbonyl (C=O) groups is 1. The Bertz CT molecular complexity index is 929. The Morgan fingerprint density at radius 1 is 1.40 bits per heavy atom. The Morgan fingerprint density at radius 2 is 2.24 bits per heavy atom. The van der Waals surface area contributed by atoms with Crippen molar-refractivity contribution in [1.29, 1.82) is 0 Å². The molecular formula is C18H18FN5O. The number of halogens is 1. The van der Waals surface area contributed by atoms with Crippen molar-refractivity contribution in [2.75, 3.05) is 0 Å². The summed E-state index contributed by atoms with van der Waals surface area (Å²) in [6.45, 7) is 1.85. The topological polar surface area (TPSA) is 75.6 Å². The summed E-state index contributed by atoms with van der Waals surface area (Å²) < 4.78 is 15.8. The van der Waals surface area contributed by atoms with Gasteiger partial charge < -0.3 is 5.32 Å². The molecule has 7 heteroatoms. The van der Waals surface area contributed by atoms with E-state index in [4.69, 9.17) is 0 Å². The summed E-state index contributed by atoms with van der Waals surface area (Å²) in [5.74, 6) is -0.535. The van der Waals surface area contributed by atoms with Crippen LogP contribution in [0, 0.1) is 12.7 Å². The van der Waals surface area contributed by atoms with Gasteiger partial charge in [0.25, 0.3) is 5.91 Å². The molecule has 128 valence electrons. The van der Waals surface area contributed by atoms with E-state index in [0.717, 1.165) is 36.2 Å². The first kappa shape index (κ1) is 15.6. The molecule has 2 heterocycles. The number of amides is 1.